The number of carbonyl (C=O) groups excluding carboxylic acids is 2. The van der Waals surface area contributed by atoms with Gasteiger partial charge in [0, 0.05) is 18.5 Å². The monoisotopic (exact) mass is 655 g/mol. The van der Waals surface area contributed by atoms with Crippen molar-refractivity contribution in [2.75, 3.05) is 18.0 Å². The van der Waals surface area contributed by atoms with Crippen molar-refractivity contribution in [1.82, 2.24) is 10.2 Å². The first-order chi connectivity index (χ1) is 22.2. The summed E-state index contributed by atoms with van der Waals surface area (Å²) in [6, 6.07) is 28.0. The van der Waals surface area contributed by atoms with Gasteiger partial charge in [-0.15, -0.1) is 0 Å². The number of sulfonamides is 1. The highest BCUT2D eigenvalue weighted by atomic mass is 32.2. The van der Waals surface area contributed by atoms with Gasteiger partial charge in [0.2, 0.25) is 11.8 Å². The number of benzene rings is 4. The Labute approximate surface area is 279 Å². The summed E-state index contributed by atoms with van der Waals surface area (Å²) < 4.78 is 35.5. The molecule has 0 aliphatic rings. The Morgan fingerprint density at radius 1 is 0.787 bits per heavy atom. The third-order valence-electron chi connectivity index (χ3n) is 7.70. The van der Waals surface area contributed by atoms with Crippen molar-refractivity contribution in [3.63, 3.8) is 0 Å². The van der Waals surface area contributed by atoms with Crippen molar-refractivity contribution in [2.45, 2.75) is 71.0 Å². The third-order valence-corrected chi connectivity index (χ3v) is 9.47. The molecule has 1 N–H and O–H groups in total. The van der Waals surface area contributed by atoms with E-state index >= 15 is 0 Å². The van der Waals surface area contributed by atoms with E-state index < -0.39 is 34.1 Å². The van der Waals surface area contributed by atoms with Crippen LogP contribution in [0.3, 0.4) is 0 Å². The number of anilines is 1. The number of hydrogen-bond acceptors (Lipinski definition) is 5. The summed E-state index contributed by atoms with van der Waals surface area (Å²) in [5.74, 6) is -0.560. The molecule has 4 rings (SSSR count). The van der Waals surface area contributed by atoms with Crippen LogP contribution in [0.1, 0.15) is 48.6 Å². The highest BCUT2D eigenvalue weighted by Crippen LogP contribution is 2.34. The van der Waals surface area contributed by atoms with Crippen LogP contribution in [-0.2, 0) is 32.6 Å². The number of rotatable bonds is 12. The van der Waals surface area contributed by atoms with E-state index in [0.29, 0.717) is 5.75 Å². The van der Waals surface area contributed by atoms with Crippen molar-refractivity contribution < 1.29 is 22.7 Å². The molecule has 248 valence electrons. The summed E-state index contributed by atoms with van der Waals surface area (Å²) >= 11 is 0. The van der Waals surface area contributed by atoms with E-state index in [-0.39, 0.29) is 29.5 Å². The van der Waals surface area contributed by atoms with Crippen LogP contribution in [0.2, 0.25) is 0 Å². The molecule has 0 spiro atoms. The Balaban J connectivity index is 1.87. The number of nitrogens with one attached hydrogen (secondary N) is 1. The molecular weight excluding hydrogens is 611 g/mol. The lowest BCUT2D eigenvalue weighted by atomic mass is 10.0. The molecule has 0 fully saturated rings. The Hall–Kier alpha value is -4.63. The minimum atomic E-state index is -4.26. The van der Waals surface area contributed by atoms with Crippen molar-refractivity contribution in [3.8, 4) is 5.75 Å². The number of nitrogens with zero attached hydrogens (tertiary/aromatic N) is 2. The van der Waals surface area contributed by atoms with Gasteiger partial charge in [0.25, 0.3) is 10.0 Å². The van der Waals surface area contributed by atoms with Crippen LogP contribution in [0.25, 0.3) is 0 Å². The standard InChI is InChI=1S/C38H45N3O5S/c1-27-16-19-32(20-17-27)47(44,45)41(33-23-29(3)18-21-35(33)46-7)26-36(42)40(25-31-15-11-12-28(2)22-31)34(37(43)39-38(4,5)6)24-30-13-9-8-10-14-30/h8-23,34H,24-26H2,1-7H3,(H,39,43)/t34-/m1/s1. The number of amides is 2. The lowest BCUT2D eigenvalue weighted by Crippen LogP contribution is -2.56. The van der Waals surface area contributed by atoms with Gasteiger partial charge in [0.15, 0.2) is 0 Å². The van der Waals surface area contributed by atoms with E-state index in [1.165, 1.54) is 24.1 Å². The van der Waals surface area contributed by atoms with E-state index in [1.54, 1.807) is 24.3 Å². The lowest BCUT2D eigenvalue weighted by Gasteiger charge is -2.35. The van der Waals surface area contributed by atoms with E-state index in [9.17, 15) is 18.0 Å². The third kappa shape index (κ3) is 9.23. The Morgan fingerprint density at radius 2 is 1.40 bits per heavy atom. The Morgan fingerprint density at radius 3 is 2.02 bits per heavy atom. The molecule has 9 heteroatoms. The van der Waals surface area contributed by atoms with Crippen LogP contribution in [0, 0.1) is 20.8 Å². The molecular formula is C38H45N3O5S. The van der Waals surface area contributed by atoms with Gasteiger partial charge in [-0.3, -0.25) is 13.9 Å². The molecule has 0 aliphatic carbocycles. The second-order valence-electron chi connectivity index (χ2n) is 13.0. The van der Waals surface area contributed by atoms with Crippen LogP contribution in [0.4, 0.5) is 5.69 Å². The van der Waals surface area contributed by atoms with Gasteiger partial charge in [0.1, 0.15) is 18.3 Å². The lowest BCUT2D eigenvalue weighted by molar-refractivity contribution is -0.140. The average molecular weight is 656 g/mol. The molecule has 4 aromatic rings. The minimum Gasteiger partial charge on any atom is -0.495 e. The Bertz CT molecular complexity index is 1800. The number of ether oxygens (including phenoxy) is 1. The number of hydrogen-bond donors (Lipinski definition) is 1. The molecule has 1 atom stereocenters. The van der Waals surface area contributed by atoms with Gasteiger partial charge in [-0.2, -0.15) is 0 Å². The van der Waals surface area contributed by atoms with Gasteiger partial charge in [0.05, 0.1) is 17.7 Å². The van der Waals surface area contributed by atoms with Crippen molar-refractivity contribution >= 4 is 27.5 Å². The van der Waals surface area contributed by atoms with E-state index in [2.05, 4.69) is 5.32 Å². The van der Waals surface area contributed by atoms with E-state index in [1.807, 2.05) is 102 Å². The molecule has 0 aliphatic heterocycles. The topological polar surface area (TPSA) is 96.0 Å². The summed E-state index contributed by atoms with van der Waals surface area (Å²) in [7, 11) is -2.80. The number of methoxy groups -OCH3 is 1. The molecule has 2 amide bonds. The SMILES string of the molecule is COc1ccc(C)cc1N(CC(=O)N(Cc1cccc(C)c1)[C@H](Cc1ccccc1)C(=O)NC(C)(C)C)S(=O)(=O)c1ccc(C)cc1. The zero-order valence-corrected chi connectivity index (χ0v) is 29.1. The average Bonchev–Trinajstić information content (AvgIpc) is 3.01. The van der Waals surface area contributed by atoms with Crippen LogP contribution in [0.15, 0.2) is 102 Å². The molecule has 8 nitrogen and oxygen atoms in total. The molecule has 0 heterocycles. The predicted octanol–water partition coefficient (Wildman–Crippen LogP) is 6.37. The quantitative estimate of drug-likeness (QED) is 0.191. The second kappa shape index (κ2) is 14.9. The highest BCUT2D eigenvalue weighted by molar-refractivity contribution is 7.92. The molecule has 4 aromatic carbocycles. The summed E-state index contributed by atoms with van der Waals surface area (Å²) in [4.78, 5) is 30.3. The first kappa shape index (κ1) is 35.2. The molecule has 0 saturated carbocycles. The first-order valence-corrected chi connectivity index (χ1v) is 17.1. The highest BCUT2D eigenvalue weighted by Gasteiger charge is 2.36. The zero-order valence-electron chi connectivity index (χ0n) is 28.3. The minimum absolute atomic E-state index is 0.0380. The fourth-order valence-corrected chi connectivity index (χ4v) is 6.78. The smallest absolute Gasteiger partial charge is 0.264 e. The Kier molecular flexibility index (Phi) is 11.1. The van der Waals surface area contributed by atoms with Gasteiger partial charge in [-0.05, 0) is 82.5 Å². The normalized spacial score (nSPS) is 12.2. The van der Waals surface area contributed by atoms with Gasteiger partial charge >= 0.3 is 0 Å². The van der Waals surface area contributed by atoms with Crippen molar-refractivity contribution in [1.29, 1.82) is 0 Å². The van der Waals surface area contributed by atoms with Crippen LogP contribution < -0.4 is 14.4 Å². The number of carbonyl (C=O) groups is 2. The van der Waals surface area contributed by atoms with Gasteiger partial charge < -0.3 is 15.0 Å². The van der Waals surface area contributed by atoms with Gasteiger partial charge in [-0.25, -0.2) is 8.42 Å². The fraction of sp³-hybridized carbons (Fsp3) is 0.316. The van der Waals surface area contributed by atoms with Crippen molar-refractivity contribution in [2.24, 2.45) is 0 Å². The maximum absolute atomic E-state index is 14.7. The van der Waals surface area contributed by atoms with Crippen LogP contribution >= 0.6 is 0 Å². The maximum Gasteiger partial charge on any atom is 0.264 e. The molecule has 47 heavy (non-hydrogen) atoms. The number of aryl methyl sites for hydroxylation is 3. The molecule has 0 radical (unpaired) electrons. The molecule has 0 unspecified atom stereocenters. The predicted molar refractivity (Wildman–Crippen MR) is 187 cm³/mol. The molecule has 0 aromatic heterocycles. The summed E-state index contributed by atoms with van der Waals surface area (Å²) in [5.41, 5.74) is 4.05. The van der Waals surface area contributed by atoms with Crippen LogP contribution in [0.5, 0.6) is 5.75 Å². The molecule has 0 saturated heterocycles. The first-order valence-electron chi connectivity index (χ1n) is 15.6. The fourth-order valence-electron chi connectivity index (χ4n) is 5.36. The summed E-state index contributed by atoms with van der Waals surface area (Å²) in [6.45, 7) is 10.9. The second-order valence-corrected chi connectivity index (χ2v) is 14.8. The molecule has 0 bridgehead atoms. The van der Waals surface area contributed by atoms with E-state index in [0.717, 1.165) is 32.1 Å². The largest absolute Gasteiger partial charge is 0.495 e. The maximum atomic E-state index is 14.7. The zero-order chi connectivity index (χ0) is 34.4. The summed E-state index contributed by atoms with van der Waals surface area (Å²) in [5, 5.41) is 3.06. The van der Waals surface area contributed by atoms with Crippen molar-refractivity contribution in [3.05, 3.63) is 125 Å². The summed E-state index contributed by atoms with van der Waals surface area (Å²) in [6.07, 6.45) is 0.235. The van der Waals surface area contributed by atoms with Crippen LogP contribution in [-0.4, -0.2) is 50.4 Å². The van der Waals surface area contributed by atoms with E-state index in [4.69, 9.17) is 4.74 Å². The van der Waals surface area contributed by atoms with Gasteiger partial charge in [-0.1, -0.05) is 83.9 Å².